The van der Waals surface area contributed by atoms with Crippen LogP contribution in [0, 0.1) is 0 Å². The van der Waals surface area contributed by atoms with Crippen LogP contribution in [0.25, 0.3) is 0 Å². The Labute approximate surface area is 144 Å². The number of rotatable bonds is 5. The maximum atomic E-state index is 11.8. The molecule has 1 fully saturated rings. The molecule has 24 heavy (non-hydrogen) atoms. The molecule has 1 aliphatic rings. The Hall–Kier alpha value is -1.59. The summed E-state index contributed by atoms with van der Waals surface area (Å²) >= 11 is 0. The third kappa shape index (κ3) is 6.13. The fraction of sp³-hybridized carbons (Fsp3) is 0.632. The molecule has 0 radical (unpaired) electrons. The molecule has 0 aromatic heterocycles. The summed E-state index contributed by atoms with van der Waals surface area (Å²) in [6, 6.07) is 10.5. The highest BCUT2D eigenvalue weighted by Gasteiger charge is 2.26. The van der Waals surface area contributed by atoms with Crippen molar-refractivity contribution in [1.82, 2.24) is 10.6 Å². The summed E-state index contributed by atoms with van der Waals surface area (Å²) in [5.74, 6) is 0. The second-order valence-corrected chi connectivity index (χ2v) is 7.51. The molecule has 5 heteroatoms. The molecule has 1 saturated carbocycles. The molecule has 3 N–H and O–H groups in total. The van der Waals surface area contributed by atoms with Crippen molar-refractivity contribution in [2.24, 2.45) is 0 Å². The number of ether oxygens (including phenoxy) is 1. The van der Waals surface area contributed by atoms with Crippen LogP contribution in [0.5, 0.6) is 0 Å². The van der Waals surface area contributed by atoms with E-state index in [0.29, 0.717) is 6.04 Å². The SMILES string of the molecule is CC(C)(C)OC(=O)NC1CCC(NC(CO)c2ccccc2)CC1. The van der Waals surface area contributed by atoms with E-state index in [4.69, 9.17) is 4.74 Å². The zero-order valence-corrected chi connectivity index (χ0v) is 14.9. The summed E-state index contributed by atoms with van der Waals surface area (Å²) < 4.78 is 5.31. The van der Waals surface area contributed by atoms with Gasteiger partial charge in [-0.05, 0) is 52.0 Å². The number of hydrogen-bond acceptors (Lipinski definition) is 4. The Morgan fingerprint density at radius 2 is 1.75 bits per heavy atom. The van der Waals surface area contributed by atoms with Gasteiger partial charge >= 0.3 is 6.09 Å². The molecule has 1 amide bonds. The number of amides is 1. The standard InChI is InChI=1S/C19H30N2O3/c1-19(2,3)24-18(23)21-16-11-9-15(10-12-16)20-17(13-22)14-7-5-4-6-8-14/h4-8,15-17,20,22H,9-13H2,1-3H3,(H,21,23). The average Bonchev–Trinajstić information content (AvgIpc) is 2.53. The number of benzene rings is 1. The number of alkyl carbamates (subject to hydrolysis) is 1. The first-order valence-electron chi connectivity index (χ1n) is 8.79. The summed E-state index contributed by atoms with van der Waals surface area (Å²) in [7, 11) is 0. The highest BCUT2D eigenvalue weighted by Crippen LogP contribution is 2.22. The fourth-order valence-corrected chi connectivity index (χ4v) is 3.10. The van der Waals surface area contributed by atoms with Crippen molar-refractivity contribution in [3.05, 3.63) is 35.9 Å². The molecule has 5 nitrogen and oxygen atoms in total. The molecular weight excluding hydrogens is 304 g/mol. The van der Waals surface area contributed by atoms with Gasteiger partial charge in [-0.1, -0.05) is 30.3 Å². The molecule has 0 spiro atoms. The summed E-state index contributed by atoms with van der Waals surface area (Å²) in [5.41, 5.74) is 0.640. The molecule has 1 aliphatic carbocycles. The van der Waals surface area contributed by atoms with Crippen LogP contribution in [0.4, 0.5) is 4.79 Å². The Morgan fingerprint density at radius 1 is 1.17 bits per heavy atom. The molecule has 2 rings (SSSR count). The van der Waals surface area contributed by atoms with Crippen molar-refractivity contribution in [2.75, 3.05) is 6.61 Å². The van der Waals surface area contributed by atoms with Crippen molar-refractivity contribution >= 4 is 6.09 Å². The summed E-state index contributed by atoms with van der Waals surface area (Å²) in [5, 5.41) is 16.1. The van der Waals surface area contributed by atoms with Gasteiger partial charge in [0.15, 0.2) is 0 Å². The van der Waals surface area contributed by atoms with Crippen molar-refractivity contribution in [1.29, 1.82) is 0 Å². The summed E-state index contributed by atoms with van der Waals surface area (Å²) in [6.07, 6.45) is 3.46. The maximum Gasteiger partial charge on any atom is 0.407 e. The number of aliphatic hydroxyl groups is 1. The second kappa shape index (κ2) is 8.49. The van der Waals surface area contributed by atoms with Crippen molar-refractivity contribution in [3.63, 3.8) is 0 Å². The number of aliphatic hydroxyl groups excluding tert-OH is 1. The van der Waals surface area contributed by atoms with Crippen molar-refractivity contribution < 1.29 is 14.6 Å². The molecule has 0 saturated heterocycles. The van der Waals surface area contributed by atoms with Crippen LogP contribution in [0.15, 0.2) is 30.3 Å². The van der Waals surface area contributed by atoms with Crippen LogP contribution in [-0.2, 0) is 4.74 Å². The van der Waals surface area contributed by atoms with Gasteiger partial charge in [0.05, 0.1) is 12.6 Å². The summed E-state index contributed by atoms with van der Waals surface area (Å²) in [6.45, 7) is 5.68. The lowest BCUT2D eigenvalue weighted by molar-refractivity contribution is 0.0489. The first kappa shape index (κ1) is 18.7. The molecule has 134 valence electrons. The van der Waals surface area contributed by atoms with E-state index in [1.165, 1.54) is 0 Å². The van der Waals surface area contributed by atoms with Crippen LogP contribution in [0.2, 0.25) is 0 Å². The van der Waals surface area contributed by atoms with Gasteiger partial charge in [0.25, 0.3) is 0 Å². The van der Waals surface area contributed by atoms with Gasteiger partial charge in [0.2, 0.25) is 0 Å². The lowest BCUT2D eigenvalue weighted by atomic mass is 9.90. The highest BCUT2D eigenvalue weighted by molar-refractivity contribution is 5.68. The van der Waals surface area contributed by atoms with Crippen LogP contribution >= 0.6 is 0 Å². The minimum atomic E-state index is -0.465. The van der Waals surface area contributed by atoms with E-state index in [1.807, 2.05) is 51.1 Å². The van der Waals surface area contributed by atoms with Crippen molar-refractivity contribution in [3.8, 4) is 0 Å². The third-order valence-corrected chi connectivity index (χ3v) is 4.27. The van der Waals surface area contributed by atoms with Crippen LogP contribution in [0.3, 0.4) is 0 Å². The number of carbonyl (C=O) groups excluding carboxylic acids is 1. The first-order valence-corrected chi connectivity index (χ1v) is 8.79. The van der Waals surface area contributed by atoms with Crippen LogP contribution in [-0.4, -0.2) is 35.5 Å². The zero-order valence-electron chi connectivity index (χ0n) is 14.9. The average molecular weight is 334 g/mol. The van der Waals surface area contributed by atoms with E-state index >= 15 is 0 Å². The number of nitrogens with one attached hydrogen (secondary N) is 2. The lowest BCUT2D eigenvalue weighted by Gasteiger charge is -2.32. The lowest BCUT2D eigenvalue weighted by Crippen LogP contribution is -2.45. The van der Waals surface area contributed by atoms with E-state index in [2.05, 4.69) is 10.6 Å². The normalized spacial score (nSPS) is 22.7. The topological polar surface area (TPSA) is 70.6 Å². The predicted octanol–water partition coefficient (Wildman–Crippen LogP) is 3.15. The van der Waals surface area contributed by atoms with Crippen LogP contribution < -0.4 is 10.6 Å². The van der Waals surface area contributed by atoms with E-state index in [0.717, 1.165) is 31.2 Å². The largest absolute Gasteiger partial charge is 0.444 e. The van der Waals surface area contributed by atoms with E-state index in [-0.39, 0.29) is 24.8 Å². The monoisotopic (exact) mass is 334 g/mol. The smallest absolute Gasteiger partial charge is 0.407 e. The Balaban J connectivity index is 1.77. The molecular formula is C19H30N2O3. The fourth-order valence-electron chi connectivity index (χ4n) is 3.10. The Kier molecular flexibility index (Phi) is 6.63. The number of hydrogen-bond donors (Lipinski definition) is 3. The molecule has 1 aromatic rings. The van der Waals surface area contributed by atoms with E-state index < -0.39 is 5.60 Å². The van der Waals surface area contributed by atoms with Gasteiger partial charge in [0.1, 0.15) is 5.60 Å². The van der Waals surface area contributed by atoms with Gasteiger partial charge in [-0.2, -0.15) is 0 Å². The van der Waals surface area contributed by atoms with E-state index in [9.17, 15) is 9.90 Å². The quantitative estimate of drug-likeness (QED) is 0.773. The molecule has 1 atom stereocenters. The summed E-state index contributed by atoms with van der Waals surface area (Å²) in [4.78, 5) is 11.8. The Morgan fingerprint density at radius 3 is 2.29 bits per heavy atom. The molecule has 0 aliphatic heterocycles. The minimum Gasteiger partial charge on any atom is -0.444 e. The Bertz CT molecular complexity index is 505. The first-order chi connectivity index (χ1) is 11.4. The zero-order chi connectivity index (χ0) is 17.6. The van der Waals surface area contributed by atoms with Crippen LogP contribution in [0.1, 0.15) is 58.1 Å². The molecule has 1 aromatic carbocycles. The second-order valence-electron chi connectivity index (χ2n) is 7.51. The minimum absolute atomic E-state index is 0.0356. The van der Waals surface area contributed by atoms with Gasteiger partial charge in [-0.15, -0.1) is 0 Å². The third-order valence-electron chi connectivity index (χ3n) is 4.27. The number of carbonyl (C=O) groups is 1. The van der Waals surface area contributed by atoms with Gasteiger partial charge < -0.3 is 20.5 Å². The molecule has 1 unspecified atom stereocenters. The van der Waals surface area contributed by atoms with Gasteiger partial charge in [0, 0.05) is 12.1 Å². The van der Waals surface area contributed by atoms with Crippen molar-refractivity contribution in [2.45, 2.75) is 70.2 Å². The maximum absolute atomic E-state index is 11.8. The molecule has 0 heterocycles. The molecule has 0 bridgehead atoms. The van der Waals surface area contributed by atoms with Gasteiger partial charge in [-0.25, -0.2) is 4.79 Å². The highest BCUT2D eigenvalue weighted by atomic mass is 16.6. The predicted molar refractivity (Wildman–Crippen MR) is 94.8 cm³/mol. The van der Waals surface area contributed by atoms with E-state index in [1.54, 1.807) is 0 Å². The van der Waals surface area contributed by atoms with Gasteiger partial charge in [-0.3, -0.25) is 0 Å².